The van der Waals surface area contributed by atoms with Crippen LogP contribution in [0, 0.1) is 0 Å². The first kappa shape index (κ1) is 11.9. The van der Waals surface area contributed by atoms with Gasteiger partial charge in [-0.3, -0.25) is 0 Å². The summed E-state index contributed by atoms with van der Waals surface area (Å²) in [5, 5.41) is 2.49. The second-order valence-corrected chi connectivity index (χ2v) is 4.76. The maximum absolute atomic E-state index is 5.13. The van der Waals surface area contributed by atoms with Gasteiger partial charge in [-0.25, -0.2) is 0 Å². The minimum Gasteiger partial charge on any atom is -0.497 e. The fraction of sp³-hybridized carbons (Fsp3) is 0.143. The first-order chi connectivity index (χ1) is 8.31. The van der Waals surface area contributed by atoms with Gasteiger partial charge in [-0.1, -0.05) is 24.3 Å². The number of ether oxygens (including phenoxy) is 2. The van der Waals surface area contributed by atoms with Gasteiger partial charge in [0.05, 0.1) is 14.2 Å². The third-order valence-electron chi connectivity index (χ3n) is 2.40. The molecule has 0 saturated heterocycles. The summed E-state index contributed by atoms with van der Waals surface area (Å²) in [5.74, 6) is 1.78. The van der Waals surface area contributed by atoms with Crippen LogP contribution in [0.2, 0.25) is 0 Å². The van der Waals surface area contributed by atoms with Crippen LogP contribution in [0.5, 0.6) is 11.5 Å². The van der Waals surface area contributed by atoms with E-state index in [1.54, 1.807) is 14.2 Å². The normalized spacial score (nSPS) is 10.0. The van der Waals surface area contributed by atoms with Crippen LogP contribution in [-0.2, 0) is 0 Å². The average Bonchev–Trinajstić information content (AvgIpc) is 2.40. The van der Waals surface area contributed by atoms with Crippen LogP contribution in [0.1, 0.15) is 0 Å². The molecule has 17 heavy (non-hydrogen) atoms. The van der Waals surface area contributed by atoms with Crippen LogP contribution in [0.15, 0.2) is 48.5 Å². The van der Waals surface area contributed by atoms with Crippen molar-refractivity contribution in [2.45, 2.75) is 0 Å². The molecule has 3 heteroatoms. The van der Waals surface area contributed by atoms with Gasteiger partial charge in [-0.05, 0) is 43.5 Å². The van der Waals surface area contributed by atoms with E-state index in [0.29, 0.717) is 0 Å². The zero-order chi connectivity index (χ0) is 12.1. The Balaban J connectivity index is 2.08. The fourth-order valence-electron chi connectivity index (χ4n) is 1.46. The zero-order valence-corrected chi connectivity index (χ0v) is 10.8. The van der Waals surface area contributed by atoms with Gasteiger partial charge < -0.3 is 9.47 Å². The lowest BCUT2D eigenvalue weighted by molar-refractivity contribution is 0.415. The summed E-state index contributed by atoms with van der Waals surface area (Å²) in [6, 6.07) is 16.2. The van der Waals surface area contributed by atoms with Gasteiger partial charge >= 0.3 is 0 Å². The molecule has 1 radical (unpaired) electrons. The number of benzene rings is 2. The van der Waals surface area contributed by atoms with Crippen molar-refractivity contribution in [3.05, 3.63) is 48.5 Å². The van der Waals surface area contributed by atoms with E-state index in [9.17, 15) is 0 Å². The van der Waals surface area contributed by atoms with Crippen LogP contribution in [0.3, 0.4) is 0 Å². The van der Waals surface area contributed by atoms with Crippen molar-refractivity contribution >= 4 is 19.2 Å². The first-order valence-corrected chi connectivity index (χ1v) is 6.21. The molecule has 0 amide bonds. The number of methoxy groups -OCH3 is 2. The summed E-state index contributed by atoms with van der Waals surface area (Å²) in [6.45, 7) is 0. The van der Waals surface area contributed by atoms with E-state index < -0.39 is 0 Å². The minimum absolute atomic E-state index is 0.888. The molecule has 0 atom stereocenters. The molecule has 0 aliphatic carbocycles. The van der Waals surface area contributed by atoms with Crippen molar-refractivity contribution in [1.29, 1.82) is 0 Å². The third kappa shape index (κ3) is 3.21. The predicted octanol–water partition coefficient (Wildman–Crippen LogP) is 2.60. The molecule has 0 spiro atoms. The Bertz CT molecular complexity index is 417. The van der Waals surface area contributed by atoms with Gasteiger partial charge in [-0.2, -0.15) is 0 Å². The summed E-state index contributed by atoms with van der Waals surface area (Å²) in [7, 11) is 4.54. The highest BCUT2D eigenvalue weighted by Crippen LogP contribution is 2.16. The first-order valence-electron chi connectivity index (χ1n) is 5.31. The van der Waals surface area contributed by atoms with Crippen molar-refractivity contribution in [2.75, 3.05) is 14.2 Å². The van der Waals surface area contributed by atoms with E-state index in [4.69, 9.17) is 9.47 Å². The monoisotopic (exact) mass is 245 g/mol. The Morgan fingerprint density at radius 3 is 1.29 bits per heavy atom. The van der Waals surface area contributed by atoms with E-state index in [1.807, 2.05) is 24.3 Å². The second-order valence-electron chi connectivity index (χ2n) is 3.51. The minimum atomic E-state index is 0.888. The van der Waals surface area contributed by atoms with Gasteiger partial charge in [0, 0.05) is 0 Å². The van der Waals surface area contributed by atoms with Gasteiger partial charge in [0.2, 0.25) is 0 Å². The van der Waals surface area contributed by atoms with E-state index in [-0.39, 0.29) is 0 Å². The molecular formula is C14H14O2P. The smallest absolute Gasteiger partial charge is 0.118 e. The van der Waals surface area contributed by atoms with Crippen LogP contribution < -0.4 is 20.1 Å². The van der Waals surface area contributed by atoms with Crippen molar-refractivity contribution in [1.82, 2.24) is 0 Å². The molecule has 2 aromatic carbocycles. The molecule has 0 aliphatic heterocycles. The molecule has 87 valence electrons. The molecule has 0 aromatic heterocycles. The molecular weight excluding hydrogens is 231 g/mol. The largest absolute Gasteiger partial charge is 0.497 e. The molecule has 0 N–H and O–H groups in total. The summed E-state index contributed by atoms with van der Waals surface area (Å²) < 4.78 is 10.3. The lowest BCUT2D eigenvalue weighted by atomic mass is 10.3. The van der Waals surface area contributed by atoms with Crippen LogP contribution >= 0.6 is 8.58 Å². The maximum Gasteiger partial charge on any atom is 0.118 e. The van der Waals surface area contributed by atoms with Crippen molar-refractivity contribution in [3.8, 4) is 11.5 Å². The van der Waals surface area contributed by atoms with Gasteiger partial charge in [0.25, 0.3) is 0 Å². The van der Waals surface area contributed by atoms with E-state index in [2.05, 4.69) is 24.3 Å². The Labute approximate surface area is 103 Å². The summed E-state index contributed by atoms with van der Waals surface area (Å²) >= 11 is 0. The van der Waals surface area contributed by atoms with Crippen molar-refractivity contribution in [3.63, 3.8) is 0 Å². The summed E-state index contributed by atoms with van der Waals surface area (Å²) in [6.07, 6.45) is 0. The highest BCUT2D eigenvalue weighted by atomic mass is 31.1. The summed E-state index contributed by atoms with van der Waals surface area (Å²) in [4.78, 5) is 0. The summed E-state index contributed by atoms with van der Waals surface area (Å²) in [5.41, 5.74) is 0. The van der Waals surface area contributed by atoms with E-state index >= 15 is 0 Å². The van der Waals surface area contributed by atoms with E-state index in [1.165, 1.54) is 19.2 Å². The molecule has 0 saturated carbocycles. The quantitative estimate of drug-likeness (QED) is 0.771. The molecule has 0 bridgehead atoms. The van der Waals surface area contributed by atoms with Gasteiger partial charge in [0.15, 0.2) is 0 Å². The van der Waals surface area contributed by atoms with E-state index in [0.717, 1.165) is 11.5 Å². The second kappa shape index (κ2) is 5.70. The lowest BCUT2D eigenvalue weighted by Gasteiger charge is -2.04. The number of hydrogen-bond donors (Lipinski definition) is 0. The third-order valence-corrected chi connectivity index (χ3v) is 3.52. The SMILES string of the molecule is COc1ccc([P]c2ccc(OC)cc2)cc1. The predicted molar refractivity (Wildman–Crippen MR) is 72.2 cm³/mol. The maximum atomic E-state index is 5.13. The molecule has 2 rings (SSSR count). The zero-order valence-electron chi connectivity index (χ0n) is 9.88. The van der Waals surface area contributed by atoms with Gasteiger partial charge in [-0.15, -0.1) is 0 Å². The fourth-order valence-corrected chi connectivity index (χ4v) is 2.36. The van der Waals surface area contributed by atoms with Crippen molar-refractivity contribution in [2.24, 2.45) is 0 Å². The Morgan fingerprint density at radius 2 is 1.00 bits per heavy atom. The lowest BCUT2D eigenvalue weighted by Crippen LogP contribution is -2.02. The molecule has 2 nitrogen and oxygen atoms in total. The number of hydrogen-bond acceptors (Lipinski definition) is 2. The molecule has 0 unspecified atom stereocenters. The van der Waals surface area contributed by atoms with Gasteiger partial charge in [0.1, 0.15) is 11.5 Å². The van der Waals surface area contributed by atoms with Crippen LogP contribution in [0.4, 0.5) is 0 Å². The molecule has 0 heterocycles. The standard InChI is InChI=1S/C14H14O2P/c1-15-11-3-7-13(8-4-11)17-14-9-5-12(16-2)6-10-14/h3-10H,1-2H3. The average molecular weight is 245 g/mol. The van der Waals surface area contributed by atoms with Crippen LogP contribution in [0.25, 0.3) is 0 Å². The molecule has 0 fully saturated rings. The Kier molecular flexibility index (Phi) is 4.00. The van der Waals surface area contributed by atoms with Crippen LogP contribution in [-0.4, -0.2) is 14.2 Å². The number of rotatable bonds is 4. The Morgan fingerprint density at radius 1 is 0.647 bits per heavy atom. The highest BCUT2D eigenvalue weighted by Gasteiger charge is 1.99. The topological polar surface area (TPSA) is 18.5 Å². The molecule has 2 aromatic rings. The molecule has 0 aliphatic rings. The Hall–Kier alpha value is -1.53. The highest BCUT2D eigenvalue weighted by molar-refractivity contribution is 7.55. The van der Waals surface area contributed by atoms with Crippen molar-refractivity contribution < 1.29 is 9.47 Å².